The van der Waals surface area contributed by atoms with Gasteiger partial charge in [-0.1, -0.05) is 16.9 Å². The minimum absolute atomic E-state index is 0.173. The van der Waals surface area contributed by atoms with E-state index in [1.54, 1.807) is 6.92 Å². The Labute approximate surface area is 82.5 Å². The standard InChI is InChI=1S/C8H12F2O3S/c1-3-8(13-14(10,11)12)5-4-7(2)6-9/h3-5,7H,6H2,1-2H3/b5-4-,8-3+. The molecule has 0 aromatic heterocycles. The van der Waals surface area contributed by atoms with Crippen molar-refractivity contribution in [2.45, 2.75) is 13.8 Å². The first-order valence-electron chi connectivity index (χ1n) is 3.93. The molecule has 1 unspecified atom stereocenters. The van der Waals surface area contributed by atoms with Gasteiger partial charge in [0.15, 0.2) is 0 Å². The van der Waals surface area contributed by atoms with Crippen molar-refractivity contribution >= 4 is 10.5 Å². The molecular formula is C8H12F2O3S. The molecule has 0 fully saturated rings. The maximum Gasteiger partial charge on any atom is 0.488 e. The van der Waals surface area contributed by atoms with E-state index < -0.39 is 17.2 Å². The Bertz CT molecular complexity index is 319. The van der Waals surface area contributed by atoms with Gasteiger partial charge in [-0.15, -0.1) is 0 Å². The molecule has 0 heterocycles. The molecule has 6 heteroatoms. The lowest BCUT2D eigenvalue weighted by Crippen LogP contribution is -1.97. The molecule has 0 amide bonds. The molecule has 0 N–H and O–H groups in total. The molecule has 82 valence electrons. The lowest BCUT2D eigenvalue weighted by molar-refractivity contribution is 0.380. The molecule has 0 aromatic carbocycles. The number of hydrogen-bond donors (Lipinski definition) is 0. The smallest absolute Gasteiger partial charge is 0.359 e. The minimum atomic E-state index is -5.00. The third-order valence-electron chi connectivity index (χ3n) is 1.31. The van der Waals surface area contributed by atoms with Crippen LogP contribution in [0.3, 0.4) is 0 Å². The maximum absolute atomic E-state index is 12.0. The van der Waals surface area contributed by atoms with Crippen molar-refractivity contribution in [2.24, 2.45) is 5.92 Å². The first kappa shape index (κ1) is 13.1. The number of allylic oxidation sites excluding steroid dienone is 3. The highest BCUT2D eigenvalue weighted by Gasteiger charge is 2.09. The van der Waals surface area contributed by atoms with Crippen LogP contribution in [0.2, 0.25) is 0 Å². The molecule has 3 nitrogen and oxygen atoms in total. The fourth-order valence-corrected chi connectivity index (χ4v) is 0.979. The lowest BCUT2D eigenvalue weighted by Gasteiger charge is -2.01. The van der Waals surface area contributed by atoms with Crippen LogP contribution in [0.1, 0.15) is 13.8 Å². The fraction of sp³-hybridized carbons (Fsp3) is 0.500. The normalized spacial score (nSPS) is 15.9. The van der Waals surface area contributed by atoms with E-state index in [2.05, 4.69) is 4.18 Å². The average molecular weight is 226 g/mol. The van der Waals surface area contributed by atoms with Crippen LogP contribution in [0.5, 0.6) is 0 Å². The Morgan fingerprint density at radius 3 is 2.50 bits per heavy atom. The Morgan fingerprint density at radius 2 is 2.14 bits per heavy atom. The number of alkyl halides is 1. The summed E-state index contributed by atoms with van der Waals surface area (Å²) < 4.78 is 48.1. The first-order valence-corrected chi connectivity index (χ1v) is 5.24. The molecule has 0 radical (unpaired) electrons. The monoisotopic (exact) mass is 226 g/mol. The van der Waals surface area contributed by atoms with Gasteiger partial charge >= 0.3 is 10.5 Å². The summed E-state index contributed by atoms with van der Waals surface area (Å²) in [7, 11) is -5.00. The lowest BCUT2D eigenvalue weighted by atomic mass is 10.2. The van der Waals surface area contributed by atoms with E-state index in [0.29, 0.717) is 0 Å². The highest BCUT2D eigenvalue weighted by Crippen LogP contribution is 2.09. The van der Waals surface area contributed by atoms with Crippen molar-refractivity contribution in [1.82, 2.24) is 0 Å². The van der Waals surface area contributed by atoms with Crippen LogP contribution in [0.4, 0.5) is 8.28 Å². The second-order valence-corrected chi connectivity index (χ2v) is 3.61. The summed E-state index contributed by atoms with van der Waals surface area (Å²) in [5.74, 6) is -0.538. The predicted molar refractivity (Wildman–Crippen MR) is 49.1 cm³/mol. The van der Waals surface area contributed by atoms with E-state index in [-0.39, 0.29) is 11.7 Å². The molecule has 0 saturated heterocycles. The summed E-state index contributed by atoms with van der Waals surface area (Å²) >= 11 is 0. The molecule has 0 rings (SSSR count). The Kier molecular flexibility index (Phi) is 5.37. The third kappa shape index (κ3) is 6.59. The van der Waals surface area contributed by atoms with Crippen LogP contribution in [0.25, 0.3) is 0 Å². The van der Waals surface area contributed by atoms with Gasteiger partial charge in [-0.05, 0) is 19.1 Å². The summed E-state index contributed by atoms with van der Waals surface area (Å²) in [5.41, 5.74) is 0. The summed E-state index contributed by atoms with van der Waals surface area (Å²) in [6.45, 7) is 2.49. The number of halogens is 2. The Balaban J connectivity index is 4.41. The zero-order chi connectivity index (χ0) is 11.2. The molecule has 14 heavy (non-hydrogen) atoms. The van der Waals surface area contributed by atoms with Gasteiger partial charge in [0.1, 0.15) is 5.76 Å². The van der Waals surface area contributed by atoms with Crippen LogP contribution in [0, 0.1) is 5.92 Å². The van der Waals surface area contributed by atoms with E-state index in [1.807, 2.05) is 0 Å². The SMILES string of the molecule is C/C=C(\C=C/C(C)CF)OS(=O)(=O)F. The molecule has 1 atom stereocenters. The Morgan fingerprint density at radius 1 is 1.57 bits per heavy atom. The van der Waals surface area contributed by atoms with Crippen molar-refractivity contribution in [3.63, 3.8) is 0 Å². The molecule has 0 aromatic rings. The van der Waals surface area contributed by atoms with Crippen molar-refractivity contribution in [2.75, 3.05) is 6.67 Å². The van der Waals surface area contributed by atoms with Gasteiger partial charge in [0, 0.05) is 5.92 Å². The van der Waals surface area contributed by atoms with E-state index in [0.717, 1.165) is 0 Å². The summed E-state index contributed by atoms with van der Waals surface area (Å²) in [5, 5.41) is 0. The van der Waals surface area contributed by atoms with Crippen molar-refractivity contribution < 1.29 is 20.9 Å². The number of hydrogen-bond acceptors (Lipinski definition) is 3. The van der Waals surface area contributed by atoms with E-state index in [4.69, 9.17) is 0 Å². The van der Waals surface area contributed by atoms with Crippen LogP contribution < -0.4 is 0 Å². The van der Waals surface area contributed by atoms with Gasteiger partial charge in [0.2, 0.25) is 0 Å². The van der Waals surface area contributed by atoms with Crippen LogP contribution in [-0.2, 0) is 14.7 Å². The van der Waals surface area contributed by atoms with Crippen LogP contribution in [0.15, 0.2) is 24.0 Å². The molecule has 0 saturated carbocycles. The van der Waals surface area contributed by atoms with Crippen LogP contribution >= 0.6 is 0 Å². The van der Waals surface area contributed by atoms with E-state index >= 15 is 0 Å². The topological polar surface area (TPSA) is 43.4 Å². The van der Waals surface area contributed by atoms with Gasteiger partial charge in [-0.25, -0.2) is 0 Å². The van der Waals surface area contributed by atoms with Crippen LogP contribution in [-0.4, -0.2) is 15.1 Å². The van der Waals surface area contributed by atoms with Gasteiger partial charge in [0.05, 0.1) is 6.67 Å². The van der Waals surface area contributed by atoms with Gasteiger partial charge in [-0.2, -0.15) is 8.42 Å². The quantitative estimate of drug-likeness (QED) is 0.410. The maximum atomic E-state index is 12.0. The van der Waals surface area contributed by atoms with E-state index in [1.165, 1.54) is 25.2 Å². The fourth-order valence-electron chi connectivity index (χ4n) is 0.598. The molecule has 0 aliphatic rings. The predicted octanol–water partition coefficient (Wildman–Crippen LogP) is 2.28. The first-order chi connectivity index (χ1) is 6.39. The zero-order valence-corrected chi connectivity index (χ0v) is 8.72. The van der Waals surface area contributed by atoms with Gasteiger partial charge in [0.25, 0.3) is 0 Å². The molecular weight excluding hydrogens is 214 g/mol. The van der Waals surface area contributed by atoms with E-state index in [9.17, 15) is 16.7 Å². The summed E-state index contributed by atoms with van der Waals surface area (Å²) in [4.78, 5) is 0. The second kappa shape index (κ2) is 5.74. The summed E-state index contributed by atoms with van der Waals surface area (Å²) in [6.07, 6.45) is 3.86. The van der Waals surface area contributed by atoms with Crippen molar-refractivity contribution in [1.29, 1.82) is 0 Å². The Hall–Kier alpha value is -0.910. The van der Waals surface area contributed by atoms with Crippen molar-refractivity contribution in [3.05, 3.63) is 24.0 Å². The molecule has 0 aliphatic carbocycles. The molecule has 0 bridgehead atoms. The summed E-state index contributed by atoms with van der Waals surface area (Å²) in [6, 6.07) is 0. The molecule has 0 aliphatic heterocycles. The van der Waals surface area contributed by atoms with Gasteiger partial charge in [-0.3, -0.25) is 4.39 Å². The zero-order valence-electron chi connectivity index (χ0n) is 7.91. The molecule has 0 spiro atoms. The highest BCUT2D eigenvalue weighted by molar-refractivity contribution is 7.81. The third-order valence-corrected chi connectivity index (χ3v) is 1.70. The number of rotatable bonds is 5. The minimum Gasteiger partial charge on any atom is -0.359 e. The average Bonchev–Trinajstić information content (AvgIpc) is 2.09. The van der Waals surface area contributed by atoms with Gasteiger partial charge < -0.3 is 4.18 Å². The second-order valence-electron chi connectivity index (χ2n) is 2.66. The van der Waals surface area contributed by atoms with Crippen molar-refractivity contribution in [3.8, 4) is 0 Å². The highest BCUT2D eigenvalue weighted by atomic mass is 32.3. The largest absolute Gasteiger partial charge is 0.488 e.